The van der Waals surface area contributed by atoms with Crippen LogP contribution in [0.4, 0.5) is 4.79 Å². The first-order valence-corrected chi connectivity index (χ1v) is 12.6. The van der Waals surface area contributed by atoms with Crippen LogP contribution in [0.2, 0.25) is 0 Å². The molecule has 5 atom stereocenters. The van der Waals surface area contributed by atoms with E-state index in [1.54, 1.807) is 0 Å². The molecule has 0 aromatic heterocycles. The van der Waals surface area contributed by atoms with Crippen molar-refractivity contribution in [3.8, 4) is 0 Å². The molecule has 1 saturated carbocycles. The molecule has 2 fully saturated rings. The summed E-state index contributed by atoms with van der Waals surface area (Å²) in [5.41, 5.74) is 0.985. The van der Waals surface area contributed by atoms with E-state index in [0.29, 0.717) is 19.4 Å². The standard InChI is InChI=1S/C28H38O6/c1-2-3-7-14-22(29)17-18-24-23(25-19-26(24)34-28(31)33-25)15-10-4-5-11-16-27(30)32-20-21-12-8-6-9-13-21/h4,6,8-10,12-13,17-18,22-26,29H,2-3,5,7,11,14-16,19-20H2,1H3/b10-4-,18-17+/t22-,23+,24+,25+,26-/m0/s1. The molecule has 1 aromatic rings. The molecule has 1 saturated heterocycles. The smallest absolute Gasteiger partial charge is 0.461 e. The van der Waals surface area contributed by atoms with E-state index in [-0.39, 0.29) is 30.0 Å². The quantitative estimate of drug-likeness (QED) is 0.208. The lowest BCUT2D eigenvalue weighted by atomic mass is 9.89. The van der Waals surface area contributed by atoms with Gasteiger partial charge in [0.05, 0.1) is 6.10 Å². The van der Waals surface area contributed by atoms with E-state index in [1.807, 2.05) is 42.5 Å². The van der Waals surface area contributed by atoms with Crippen LogP contribution in [0.5, 0.6) is 0 Å². The van der Waals surface area contributed by atoms with Gasteiger partial charge in [-0.1, -0.05) is 80.8 Å². The number of rotatable bonds is 14. The Hall–Kier alpha value is -2.60. The van der Waals surface area contributed by atoms with Crippen molar-refractivity contribution in [1.82, 2.24) is 0 Å². The van der Waals surface area contributed by atoms with E-state index in [0.717, 1.165) is 50.5 Å². The predicted octanol–water partition coefficient (Wildman–Crippen LogP) is 5.88. The Labute approximate surface area is 203 Å². The summed E-state index contributed by atoms with van der Waals surface area (Å²) < 4.78 is 16.1. The molecule has 3 rings (SSSR count). The van der Waals surface area contributed by atoms with Gasteiger partial charge in [0, 0.05) is 24.7 Å². The van der Waals surface area contributed by atoms with Crippen LogP contribution >= 0.6 is 0 Å². The summed E-state index contributed by atoms with van der Waals surface area (Å²) in [7, 11) is 0. The highest BCUT2D eigenvalue weighted by molar-refractivity contribution is 5.69. The van der Waals surface area contributed by atoms with Crippen molar-refractivity contribution in [2.45, 2.75) is 89.6 Å². The number of aliphatic hydroxyl groups excluding tert-OH is 1. The van der Waals surface area contributed by atoms with Crippen LogP contribution in [-0.4, -0.2) is 35.5 Å². The van der Waals surface area contributed by atoms with Gasteiger partial charge in [-0.3, -0.25) is 4.79 Å². The van der Waals surface area contributed by atoms with Crippen molar-refractivity contribution in [3.05, 3.63) is 60.2 Å². The van der Waals surface area contributed by atoms with Gasteiger partial charge in [0.1, 0.15) is 18.8 Å². The number of hydrogen-bond acceptors (Lipinski definition) is 6. The number of carbonyl (C=O) groups excluding carboxylic acids is 2. The molecule has 186 valence electrons. The Bertz CT molecular complexity index is 817. The van der Waals surface area contributed by atoms with Crippen molar-refractivity contribution in [1.29, 1.82) is 0 Å². The lowest BCUT2D eigenvalue weighted by Crippen LogP contribution is -2.28. The van der Waals surface area contributed by atoms with Crippen molar-refractivity contribution in [3.63, 3.8) is 0 Å². The summed E-state index contributed by atoms with van der Waals surface area (Å²) in [4.78, 5) is 23.7. The third kappa shape index (κ3) is 8.32. The van der Waals surface area contributed by atoms with Crippen LogP contribution in [0.1, 0.15) is 70.3 Å². The number of benzene rings is 1. The Morgan fingerprint density at radius 1 is 1.15 bits per heavy atom. The van der Waals surface area contributed by atoms with Crippen LogP contribution in [0.25, 0.3) is 0 Å². The third-order valence-corrected chi connectivity index (χ3v) is 6.59. The average molecular weight is 471 g/mol. The maximum atomic E-state index is 11.9. The number of ether oxygens (including phenoxy) is 3. The largest absolute Gasteiger partial charge is 0.508 e. The summed E-state index contributed by atoms with van der Waals surface area (Å²) >= 11 is 0. The predicted molar refractivity (Wildman–Crippen MR) is 130 cm³/mol. The Kier molecular flexibility index (Phi) is 10.7. The van der Waals surface area contributed by atoms with Gasteiger partial charge in [-0.25, -0.2) is 4.79 Å². The fourth-order valence-corrected chi connectivity index (χ4v) is 4.70. The van der Waals surface area contributed by atoms with Gasteiger partial charge in [0.2, 0.25) is 0 Å². The zero-order valence-electron chi connectivity index (χ0n) is 20.1. The summed E-state index contributed by atoms with van der Waals surface area (Å²) in [5.74, 6) is -0.0221. The SMILES string of the molecule is CCCCC[C@H](O)/C=C/[C@@H]1[C@@H](C/C=C\CCCC(=O)OCc2ccccc2)[C@H]2C[C@@H]1OC(=O)O2. The van der Waals surface area contributed by atoms with Gasteiger partial charge in [-0.15, -0.1) is 0 Å². The molecule has 1 aromatic carbocycles. The molecule has 0 amide bonds. The second-order valence-electron chi connectivity index (χ2n) is 9.23. The molecule has 1 aliphatic heterocycles. The van der Waals surface area contributed by atoms with Gasteiger partial charge >= 0.3 is 12.1 Å². The Morgan fingerprint density at radius 3 is 2.74 bits per heavy atom. The molecule has 2 aliphatic rings. The van der Waals surface area contributed by atoms with E-state index >= 15 is 0 Å². The minimum atomic E-state index is -0.594. The van der Waals surface area contributed by atoms with E-state index in [4.69, 9.17) is 14.2 Å². The molecule has 0 unspecified atom stereocenters. The van der Waals surface area contributed by atoms with E-state index in [9.17, 15) is 14.7 Å². The molecule has 6 nitrogen and oxygen atoms in total. The molecule has 1 heterocycles. The number of carbonyl (C=O) groups is 2. The van der Waals surface area contributed by atoms with Crippen LogP contribution in [0, 0.1) is 11.8 Å². The van der Waals surface area contributed by atoms with Crippen molar-refractivity contribution in [2.75, 3.05) is 0 Å². The first kappa shape index (κ1) is 26.0. The highest BCUT2D eigenvalue weighted by Gasteiger charge is 2.49. The summed E-state index contributed by atoms with van der Waals surface area (Å²) in [6, 6.07) is 9.66. The number of fused-ring (bicyclic) bond motifs is 2. The first-order valence-electron chi connectivity index (χ1n) is 12.6. The van der Waals surface area contributed by atoms with Crippen molar-refractivity contribution >= 4 is 12.1 Å². The lowest BCUT2D eigenvalue weighted by molar-refractivity contribution is -0.145. The van der Waals surface area contributed by atoms with E-state index in [2.05, 4.69) is 19.1 Å². The van der Waals surface area contributed by atoms with E-state index in [1.165, 1.54) is 0 Å². The minimum Gasteiger partial charge on any atom is -0.461 e. The zero-order chi connectivity index (χ0) is 24.2. The number of hydrogen-bond donors (Lipinski definition) is 1. The van der Waals surface area contributed by atoms with Crippen LogP contribution in [0.3, 0.4) is 0 Å². The second-order valence-corrected chi connectivity index (χ2v) is 9.23. The summed E-state index contributed by atoms with van der Waals surface area (Å²) in [5, 5.41) is 10.3. The zero-order valence-corrected chi connectivity index (χ0v) is 20.1. The van der Waals surface area contributed by atoms with Crippen LogP contribution < -0.4 is 0 Å². The molecule has 6 heteroatoms. The maximum absolute atomic E-state index is 11.9. The maximum Gasteiger partial charge on any atom is 0.508 e. The highest BCUT2D eigenvalue weighted by Crippen LogP contribution is 2.43. The van der Waals surface area contributed by atoms with Gasteiger partial charge in [0.15, 0.2) is 0 Å². The van der Waals surface area contributed by atoms with E-state index < -0.39 is 12.3 Å². The summed E-state index contributed by atoms with van der Waals surface area (Å²) in [6.45, 7) is 2.45. The number of esters is 1. The van der Waals surface area contributed by atoms with Crippen LogP contribution in [0.15, 0.2) is 54.6 Å². The first-order chi connectivity index (χ1) is 16.6. The normalized spacial score (nSPS) is 24.8. The third-order valence-electron chi connectivity index (χ3n) is 6.59. The van der Waals surface area contributed by atoms with Crippen LogP contribution in [-0.2, 0) is 25.6 Å². The number of unbranched alkanes of at least 4 members (excludes halogenated alkanes) is 3. The van der Waals surface area contributed by atoms with Gasteiger partial charge in [-0.05, 0) is 31.2 Å². The van der Waals surface area contributed by atoms with Crippen molar-refractivity contribution in [2.24, 2.45) is 11.8 Å². The molecule has 0 radical (unpaired) electrons. The highest BCUT2D eigenvalue weighted by atomic mass is 16.7. The van der Waals surface area contributed by atoms with Gasteiger partial charge in [-0.2, -0.15) is 0 Å². The number of allylic oxidation sites excluding steroid dienone is 2. The van der Waals surface area contributed by atoms with Gasteiger partial charge < -0.3 is 19.3 Å². The molecular weight excluding hydrogens is 432 g/mol. The fourth-order valence-electron chi connectivity index (χ4n) is 4.70. The average Bonchev–Trinajstić information content (AvgIpc) is 3.08. The monoisotopic (exact) mass is 470 g/mol. The second kappa shape index (κ2) is 14.0. The minimum absolute atomic E-state index is 0.0369. The molecular formula is C28H38O6. The van der Waals surface area contributed by atoms with Gasteiger partial charge in [0.25, 0.3) is 0 Å². The Morgan fingerprint density at radius 2 is 1.94 bits per heavy atom. The molecule has 1 aliphatic carbocycles. The summed E-state index contributed by atoms with van der Waals surface area (Å²) in [6.07, 6.45) is 14.0. The lowest BCUT2D eigenvalue weighted by Gasteiger charge is -2.20. The Balaban J connectivity index is 1.41. The molecule has 1 N–H and O–H groups in total. The molecule has 34 heavy (non-hydrogen) atoms. The molecule has 2 bridgehead atoms. The fraction of sp³-hybridized carbons (Fsp3) is 0.571. The van der Waals surface area contributed by atoms with Crippen molar-refractivity contribution < 1.29 is 28.9 Å². The number of aliphatic hydroxyl groups is 1. The topological polar surface area (TPSA) is 82.1 Å². The molecule has 0 spiro atoms.